The number of benzene rings is 1. The van der Waals surface area contributed by atoms with Crippen molar-refractivity contribution >= 4 is 21.9 Å². The number of rotatable bonds is 3. The molecule has 0 amide bonds. The monoisotopic (exact) mass is 297 g/mol. The molecule has 1 N–H and O–H groups in total. The van der Waals surface area contributed by atoms with E-state index in [0.29, 0.717) is 6.54 Å². The lowest BCUT2D eigenvalue weighted by molar-refractivity contribution is -0.148. The maximum absolute atomic E-state index is 11.3. The van der Waals surface area contributed by atoms with Crippen LogP contribution in [0.25, 0.3) is 0 Å². The number of halogens is 1. The summed E-state index contributed by atoms with van der Waals surface area (Å²) in [5, 5.41) is 9.32. The molecule has 3 nitrogen and oxygen atoms in total. The normalized spacial score (nSPS) is 25.1. The van der Waals surface area contributed by atoms with E-state index in [1.54, 1.807) is 0 Å². The molecule has 17 heavy (non-hydrogen) atoms. The third-order valence-corrected chi connectivity index (χ3v) is 4.01. The van der Waals surface area contributed by atoms with Crippen molar-refractivity contribution in [1.29, 1.82) is 0 Å². The van der Waals surface area contributed by atoms with Gasteiger partial charge in [-0.1, -0.05) is 28.1 Å². The maximum Gasteiger partial charge on any atom is 0.323 e. The van der Waals surface area contributed by atoms with Crippen LogP contribution in [0.15, 0.2) is 28.7 Å². The fourth-order valence-corrected chi connectivity index (χ4v) is 2.82. The molecule has 92 valence electrons. The van der Waals surface area contributed by atoms with Crippen LogP contribution < -0.4 is 0 Å². The van der Waals surface area contributed by atoms with Crippen molar-refractivity contribution < 1.29 is 9.90 Å². The van der Waals surface area contributed by atoms with Gasteiger partial charge in [-0.05, 0) is 44.0 Å². The van der Waals surface area contributed by atoms with Gasteiger partial charge < -0.3 is 5.11 Å². The molecule has 1 aliphatic rings. The van der Waals surface area contributed by atoms with Crippen molar-refractivity contribution in [3.8, 4) is 0 Å². The molecular formula is C13H16BrNO2. The molecule has 1 aromatic carbocycles. The second-order valence-electron chi connectivity index (χ2n) is 4.73. The van der Waals surface area contributed by atoms with Crippen LogP contribution >= 0.6 is 15.9 Å². The summed E-state index contributed by atoms with van der Waals surface area (Å²) in [5.74, 6) is -0.718. The molecule has 0 radical (unpaired) electrons. The van der Waals surface area contributed by atoms with Gasteiger partial charge in [-0.25, -0.2) is 0 Å². The fraction of sp³-hybridized carbons (Fsp3) is 0.462. The molecule has 0 unspecified atom stereocenters. The van der Waals surface area contributed by atoms with E-state index < -0.39 is 11.5 Å². The first-order valence-corrected chi connectivity index (χ1v) is 6.54. The second kappa shape index (κ2) is 4.78. The highest BCUT2D eigenvalue weighted by Gasteiger charge is 2.42. The number of nitrogens with zero attached hydrogens (tertiary/aromatic N) is 1. The Morgan fingerprint density at radius 3 is 3.00 bits per heavy atom. The van der Waals surface area contributed by atoms with Gasteiger partial charge in [-0.15, -0.1) is 0 Å². The van der Waals surface area contributed by atoms with E-state index in [2.05, 4.69) is 20.8 Å². The van der Waals surface area contributed by atoms with Crippen LogP contribution in [-0.2, 0) is 11.3 Å². The van der Waals surface area contributed by atoms with Crippen molar-refractivity contribution in [3.05, 3.63) is 34.3 Å². The summed E-state index contributed by atoms with van der Waals surface area (Å²) in [5.41, 5.74) is 0.441. The maximum atomic E-state index is 11.3. The van der Waals surface area contributed by atoms with E-state index in [9.17, 15) is 9.90 Å². The van der Waals surface area contributed by atoms with Gasteiger partial charge in [0, 0.05) is 11.0 Å². The fourth-order valence-electron chi connectivity index (χ4n) is 2.37. The lowest BCUT2D eigenvalue weighted by Crippen LogP contribution is -2.47. The Morgan fingerprint density at radius 2 is 2.35 bits per heavy atom. The quantitative estimate of drug-likeness (QED) is 0.933. The van der Waals surface area contributed by atoms with Crippen molar-refractivity contribution in [3.63, 3.8) is 0 Å². The van der Waals surface area contributed by atoms with E-state index in [1.165, 1.54) is 0 Å². The van der Waals surface area contributed by atoms with E-state index in [0.717, 1.165) is 29.4 Å². The zero-order chi connectivity index (χ0) is 12.5. The molecule has 0 saturated carbocycles. The van der Waals surface area contributed by atoms with Gasteiger partial charge in [0.05, 0.1) is 0 Å². The average molecular weight is 298 g/mol. The Kier molecular flexibility index (Phi) is 3.54. The number of carboxylic acids is 1. The molecule has 1 aliphatic heterocycles. The van der Waals surface area contributed by atoms with E-state index in [1.807, 2.05) is 31.2 Å². The Bertz CT molecular complexity index is 435. The van der Waals surface area contributed by atoms with Crippen molar-refractivity contribution in [1.82, 2.24) is 4.90 Å². The molecule has 0 aromatic heterocycles. The summed E-state index contributed by atoms with van der Waals surface area (Å²) in [6.07, 6.45) is 1.69. The molecule has 1 fully saturated rings. The molecule has 0 bridgehead atoms. The predicted molar refractivity (Wildman–Crippen MR) is 69.8 cm³/mol. The first-order chi connectivity index (χ1) is 8.02. The molecule has 4 heteroatoms. The van der Waals surface area contributed by atoms with Gasteiger partial charge in [0.25, 0.3) is 0 Å². The van der Waals surface area contributed by atoms with E-state index in [-0.39, 0.29) is 0 Å². The largest absolute Gasteiger partial charge is 0.480 e. The number of carbonyl (C=O) groups is 1. The van der Waals surface area contributed by atoms with E-state index in [4.69, 9.17) is 0 Å². The molecule has 0 aliphatic carbocycles. The van der Waals surface area contributed by atoms with Crippen LogP contribution in [0, 0.1) is 0 Å². The van der Waals surface area contributed by atoms with Crippen molar-refractivity contribution in [2.75, 3.05) is 6.54 Å². The third kappa shape index (κ3) is 2.53. The SMILES string of the molecule is C[C@]1(C(=O)O)CCCN1Cc1cccc(Br)c1. The number of hydrogen-bond donors (Lipinski definition) is 1. The lowest BCUT2D eigenvalue weighted by Gasteiger charge is -2.31. The summed E-state index contributed by atoms with van der Waals surface area (Å²) in [4.78, 5) is 13.4. The van der Waals surface area contributed by atoms with Crippen LogP contribution in [0.1, 0.15) is 25.3 Å². The molecule has 0 spiro atoms. The number of aliphatic carboxylic acids is 1. The Hall–Kier alpha value is -0.870. The van der Waals surface area contributed by atoms with Gasteiger partial charge in [0.2, 0.25) is 0 Å². The highest BCUT2D eigenvalue weighted by molar-refractivity contribution is 9.10. The van der Waals surface area contributed by atoms with Crippen LogP contribution in [0.3, 0.4) is 0 Å². The average Bonchev–Trinajstić information content (AvgIpc) is 2.62. The number of carboxylic acid groups (broad SMARTS) is 1. The summed E-state index contributed by atoms with van der Waals surface area (Å²) in [6.45, 7) is 3.37. The lowest BCUT2D eigenvalue weighted by atomic mass is 9.99. The Balaban J connectivity index is 2.16. The van der Waals surface area contributed by atoms with Gasteiger partial charge in [0.1, 0.15) is 5.54 Å². The number of hydrogen-bond acceptors (Lipinski definition) is 2. The highest BCUT2D eigenvalue weighted by atomic mass is 79.9. The molecule has 1 heterocycles. The van der Waals surface area contributed by atoms with E-state index >= 15 is 0 Å². The summed E-state index contributed by atoms with van der Waals surface area (Å²) in [6, 6.07) is 8.03. The van der Waals surface area contributed by atoms with Crippen LogP contribution in [-0.4, -0.2) is 28.1 Å². The molecule has 2 rings (SSSR count). The summed E-state index contributed by atoms with van der Waals surface area (Å²) < 4.78 is 1.03. The Morgan fingerprint density at radius 1 is 1.59 bits per heavy atom. The summed E-state index contributed by atoms with van der Waals surface area (Å²) in [7, 11) is 0. The van der Waals surface area contributed by atoms with Gasteiger partial charge >= 0.3 is 5.97 Å². The topological polar surface area (TPSA) is 40.5 Å². The zero-order valence-electron chi connectivity index (χ0n) is 9.82. The van der Waals surface area contributed by atoms with Gasteiger partial charge in [-0.2, -0.15) is 0 Å². The number of likely N-dealkylation sites (tertiary alicyclic amines) is 1. The Labute approximate surface area is 110 Å². The molecular weight excluding hydrogens is 282 g/mol. The first kappa shape index (κ1) is 12.6. The highest BCUT2D eigenvalue weighted by Crippen LogP contribution is 2.31. The first-order valence-electron chi connectivity index (χ1n) is 5.75. The second-order valence-corrected chi connectivity index (χ2v) is 5.65. The zero-order valence-corrected chi connectivity index (χ0v) is 11.4. The minimum absolute atomic E-state index is 0.697. The van der Waals surface area contributed by atoms with Gasteiger partial charge in [-0.3, -0.25) is 9.69 Å². The molecule has 1 saturated heterocycles. The summed E-state index contributed by atoms with van der Waals surface area (Å²) >= 11 is 3.43. The predicted octanol–water partition coefficient (Wildman–Crippen LogP) is 2.89. The molecule has 1 aromatic rings. The van der Waals surface area contributed by atoms with Crippen LogP contribution in [0.4, 0.5) is 0 Å². The third-order valence-electron chi connectivity index (χ3n) is 3.51. The standard InChI is InChI=1S/C13H16BrNO2/c1-13(12(16)17)6-3-7-15(13)9-10-4-2-5-11(14)8-10/h2,4-5,8H,3,6-7,9H2,1H3,(H,16,17)/t13-/m1/s1. The van der Waals surface area contributed by atoms with Crippen LogP contribution in [0.5, 0.6) is 0 Å². The van der Waals surface area contributed by atoms with Crippen molar-refractivity contribution in [2.24, 2.45) is 0 Å². The van der Waals surface area contributed by atoms with Crippen molar-refractivity contribution in [2.45, 2.75) is 31.8 Å². The van der Waals surface area contributed by atoms with Gasteiger partial charge in [0.15, 0.2) is 0 Å². The minimum Gasteiger partial charge on any atom is -0.480 e. The van der Waals surface area contributed by atoms with Crippen LogP contribution in [0.2, 0.25) is 0 Å². The smallest absolute Gasteiger partial charge is 0.323 e. The molecule has 1 atom stereocenters. The minimum atomic E-state index is -0.718.